The Hall–Kier alpha value is -0.440. The van der Waals surface area contributed by atoms with Crippen molar-refractivity contribution in [2.45, 2.75) is 38.8 Å². The van der Waals surface area contributed by atoms with Gasteiger partial charge in [0.2, 0.25) is 6.04 Å². The van der Waals surface area contributed by atoms with Gasteiger partial charge in [0.15, 0.2) is 7.05 Å². The van der Waals surface area contributed by atoms with Gasteiger partial charge in [-0.1, -0.05) is 13.8 Å². The lowest BCUT2D eigenvalue weighted by atomic mass is 9.85. The van der Waals surface area contributed by atoms with Gasteiger partial charge in [-0.15, -0.1) is 0 Å². The van der Waals surface area contributed by atoms with Gasteiger partial charge in [-0.3, -0.25) is 0 Å². The highest BCUT2D eigenvalue weighted by Gasteiger charge is 2.49. The molecule has 3 heteroatoms. The summed E-state index contributed by atoms with van der Waals surface area (Å²) in [5.74, 6) is 0. The van der Waals surface area contributed by atoms with Crippen LogP contribution in [-0.4, -0.2) is 29.1 Å². The maximum absolute atomic E-state index is 11.0. The molecule has 1 saturated carbocycles. The first-order valence-corrected chi connectivity index (χ1v) is 4.04. The monoisotopic (exact) mass is 158 g/mol. The molecule has 1 rings (SSSR count). The zero-order valence-corrected chi connectivity index (χ0v) is 7.37. The van der Waals surface area contributed by atoms with Gasteiger partial charge in [0, 0.05) is 11.3 Å². The van der Waals surface area contributed by atoms with Crippen LogP contribution in [0.5, 0.6) is 0 Å². The van der Waals surface area contributed by atoms with E-state index in [-0.39, 0.29) is 17.6 Å². The van der Waals surface area contributed by atoms with Crippen LogP contribution in [0, 0.1) is 10.3 Å². The fourth-order valence-electron chi connectivity index (χ4n) is 1.93. The topological polar surface area (TPSA) is 40.3 Å². The average molecular weight is 158 g/mol. The Labute approximate surface area is 67.0 Å². The highest BCUT2D eigenvalue weighted by molar-refractivity contribution is 4.91. The molecule has 0 amide bonds. The molecule has 0 bridgehead atoms. The molecule has 0 saturated heterocycles. The molecule has 64 valence electrons. The van der Waals surface area contributed by atoms with Crippen molar-refractivity contribution in [1.29, 1.82) is 0 Å². The van der Waals surface area contributed by atoms with E-state index in [0.717, 1.165) is 17.6 Å². The third kappa shape index (κ3) is 1.29. The van der Waals surface area contributed by atoms with Crippen molar-refractivity contribution in [3.05, 3.63) is 4.91 Å². The minimum absolute atomic E-state index is 0.0162. The largest absolute Gasteiger partial charge is 0.392 e. The van der Waals surface area contributed by atoms with Crippen LogP contribution in [-0.2, 0) is 0 Å². The zero-order chi connectivity index (χ0) is 8.65. The number of nitrogens with zero attached hydrogens (tertiary/aromatic N) is 1. The van der Waals surface area contributed by atoms with E-state index in [1.807, 2.05) is 13.8 Å². The van der Waals surface area contributed by atoms with Crippen molar-refractivity contribution in [2.24, 2.45) is 5.41 Å². The van der Waals surface area contributed by atoms with Gasteiger partial charge in [-0.25, -0.2) is 0 Å². The van der Waals surface area contributed by atoms with E-state index in [0.29, 0.717) is 0 Å². The number of hydrogen-bond donors (Lipinski definition) is 1. The van der Waals surface area contributed by atoms with Gasteiger partial charge in [-0.2, -0.15) is 0 Å². The second-order valence-corrected chi connectivity index (χ2v) is 3.98. The lowest BCUT2D eigenvalue weighted by molar-refractivity contribution is -0.572. The molecule has 0 radical (unpaired) electrons. The molecule has 0 aromatic rings. The zero-order valence-electron chi connectivity index (χ0n) is 7.37. The molecule has 11 heavy (non-hydrogen) atoms. The molecule has 1 N–H and O–H groups in total. The van der Waals surface area contributed by atoms with Crippen LogP contribution in [0.15, 0.2) is 0 Å². The summed E-state index contributed by atoms with van der Waals surface area (Å²) in [4.78, 5) is 11.0. The minimum Gasteiger partial charge on any atom is -0.392 e. The molecule has 3 nitrogen and oxygen atoms in total. The van der Waals surface area contributed by atoms with Crippen LogP contribution in [0.4, 0.5) is 0 Å². The van der Waals surface area contributed by atoms with E-state index in [2.05, 4.69) is 0 Å². The summed E-state index contributed by atoms with van der Waals surface area (Å²) in [6.07, 6.45) is 1.25. The fourth-order valence-corrected chi connectivity index (χ4v) is 1.93. The van der Waals surface area contributed by atoms with Gasteiger partial charge < -0.3 is 5.11 Å². The Kier molecular flexibility index (Phi) is 2.01. The number of aliphatic hydroxyl groups is 1. The maximum Gasteiger partial charge on any atom is 0.208 e. The van der Waals surface area contributed by atoms with Gasteiger partial charge in [0.25, 0.3) is 0 Å². The van der Waals surface area contributed by atoms with E-state index >= 15 is 0 Å². The van der Waals surface area contributed by atoms with Crippen molar-refractivity contribution in [3.8, 4) is 0 Å². The van der Waals surface area contributed by atoms with Crippen LogP contribution >= 0.6 is 0 Å². The molecule has 1 aliphatic rings. The van der Waals surface area contributed by atoms with Gasteiger partial charge in [0.05, 0.1) is 11.5 Å². The highest BCUT2D eigenvalue weighted by atomic mass is 16.3. The highest BCUT2D eigenvalue weighted by Crippen LogP contribution is 2.38. The second kappa shape index (κ2) is 2.55. The predicted octanol–water partition coefficient (Wildman–Crippen LogP) is 0.945. The third-order valence-corrected chi connectivity index (χ3v) is 2.87. The minimum atomic E-state index is -0.316. The lowest BCUT2D eigenvalue weighted by Crippen LogP contribution is -2.37. The van der Waals surface area contributed by atoms with Gasteiger partial charge in [-0.05, 0) is 11.2 Å². The predicted molar refractivity (Wildman–Crippen MR) is 42.4 cm³/mol. The molecule has 0 aromatic carbocycles. The van der Waals surface area contributed by atoms with E-state index in [9.17, 15) is 10.0 Å². The first-order valence-electron chi connectivity index (χ1n) is 4.04. The molecule has 0 aliphatic heterocycles. The normalized spacial score (nSPS) is 35.6. The first-order chi connectivity index (χ1) is 4.96. The SMILES string of the molecule is C[N+](=O)C1CCC(O)C1(C)C. The van der Waals surface area contributed by atoms with E-state index < -0.39 is 0 Å². The smallest absolute Gasteiger partial charge is 0.208 e. The van der Waals surface area contributed by atoms with Crippen LogP contribution in [0.25, 0.3) is 0 Å². The van der Waals surface area contributed by atoms with E-state index in [4.69, 9.17) is 0 Å². The molecule has 1 aliphatic carbocycles. The number of aliphatic hydroxyl groups excluding tert-OH is 1. The Morgan fingerprint density at radius 3 is 2.18 bits per heavy atom. The van der Waals surface area contributed by atoms with Crippen LogP contribution in [0.3, 0.4) is 0 Å². The lowest BCUT2D eigenvalue weighted by Gasteiger charge is -2.23. The fraction of sp³-hybridized carbons (Fsp3) is 1.00. The van der Waals surface area contributed by atoms with Crippen molar-refractivity contribution in [2.75, 3.05) is 7.05 Å². The summed E-state index contributed by atoms with van der Waals surface area (Å²) in [6, 6.07) is -0.0162. The van der Waals surface area contributed by atoms with E-state index in [1.54, 1.807) is 0 Å². The summed E-state index contributed by atoms with van der Waals surface area (Å²) >= 11 is 0. The Bertz CT molecular complexity index is 177. The molecule has 0 heterocycles. The molecule has 2 unspecified atom stereocenters. The quantitative estimate of drug-likeness (QED) is 0.577. The molecule has 0 spiro atoms. The summed E-state index contributed by atoms with van der Waals surface area (Å²) in [5.41, 5.74) is -0.240. The molecule has 1 fully saturated rings. The van der Waals surface area contributed by atoms with Crippen molar-refractivity contribution >= 4 is 0 Å². The number of hydrogen-bond acceptors (Lipinski definition) is 2. The third-order valence-electron chi connectivity index (χ3n) is 2.87. The van der Waals surface area contributed by atoms with Crippen molar-refractivity contribution in [1.82, 2.24) is 0 Å². The summed E-state index contributed by atoms with van der Waals surface area (Å²) in [7, 11) is 1.53. The average Bonchev–Trinajstić information content (AvgIpc) is 2.08. The summed E-state index contributed by atoms with van der Waals surface area (Å²) < 4.78 is 0.968. The Morgan fingerprint density at radius 2 is 2.00 bits per heavy atom. The van der Waals surface area contributed by atoms with Gasteiger partial charge in [0.1, 0.15) is 0 Å². The second-order valence-electron chi connectivity index (χ2n) is 3.98. The number of rotatable bonds is 1. The van der Waals surface area contributed by atoms with Crippen LogP contribution in [0.2, 0.25) is 0 Å². The molecular weight excluding hydrogens is 142 g/mol. The first kappa shape index (κ1) is 8.65. The maximum atomic E-state index is 11.0. The van der Waals surface area contributed by atoms with Gasteiger partial charge >= 0.3 is 0 Å². The van der Waals surface area contributed by atoms with Crippen LogP contribution < -0.4 is 0 Å². The molecule has 0 aromatic heterocycles. The molecule has 2 atom stereocenters. The summed E-state index contributed by atoms with van der Waals surface area (Å²) in [6.45, 7) is 3.90. The van der Waals surface area contributed by atoms with Crippen LogP contribution in [0.1, 0.15) is 26.7 Å². The van der Waals surface area contributed by atoms with Crippen molar-refractivity contribution < 1.29 is 9.87 Å². The van der Waals surface area contributed by atoms with Crippen molar-refractivity contribution in [3.63, 3.8) is 0 Å². The number of nitroso groups, excluding NO2 is 1. The Morgan fingerprint density at radius 1 is 1.45 bits per heavy atom. The summed E-state index contributed by atoms with van der Waals surface area (Å²) in [5, 5.41) is 9.51. The standard InChI is InChI=1S/C8H16NO2/c1-8(2)6(9(3)11)4-5-7(8)10/h6-7,10H,4-5H2,1-3H3/q+1. The molecular formula is C8H16NO2+. The Balaban J connectivity index is 2.78. The van der Waals surface area contributed by atoms with E-state index in [1.165, 1.54) is 7.05 Å².